The predicted molar refractivity (Wildman–Crippen MR) is 70.5 cm³/mol. The molecule has 1 aromatic carbocycles. The molecule has 0 radical (unpaired) electrons. The lowest BCUT2D eigenvalue weighted by Crippen LogP contribution is -1.98. The van der Waals surface area contributed by atoms with Crippen molar-refractivity contribution in [3.63, 3.8) is 0 Å². The van der Waals surface area contributed by atoms with E-state index >= 15 is 0 Å². The summed E-state index contributed by atoms with van der Waals surface area (Å²) < 4.78 is 13.7. The maximum atomic E-state index is 5.82. The van der Waals surface area contributed by atoms with Gasteiger partial charge in [0.05, 0.1) is 18.8 Å². The van der Waals surface area contributed by atoms with E-state index in [0.29, 0.717) is 5.82 Å². The van der Waals surface area contributed by atoms with E-state index in [9.17, 15) is 0 Å². The third kappa shape index (κ3) is 1.86. The molecule has 0 atom stereocenters. The molecule has 90 valence electrons. The molecule has 0 aliphatic rings. The molecule has 0 aliphatic heterocycles. The fraction of sp³-hybridized carbons (Fsp3) is 0.333. The first-order valence-corrected chi connectivity index (χ1v) is 6.02. The van der Waals surface area contributed by atoms with E-state index in [2.05, 4.69) is 8.75 Å². The Labute approximate surface area is 105 Å². The summed E-state index contributed by atoms with van der Waals surface area (Å²) in [5.74, 6) is 1.41. The van der Waals surface area contributed by atoms with Crippen LogP contribution in [0.3, 0.4) is 0 Å². The van der Waals surface area contributed by atoms with Crippen LogP contribution in [-0.4, -0.2) is 15.9 Å². The molecule has 0 unspecified atom stereocenters. The minimum absolute atomic E-state index is 0.488. The lowest BCUT2D eigenvalue weighted by molar-refractivity contribution is 0.408. The third-order valence-electron chi connectivity index (χ3n) is 3.00. The summed E-state index contributed by atoms with van der Waals surface area (Å²) in [6, 6.07) is 2.05. The summed E-state index contributed by atoms with van der Waals surface area (Å²) in [5.41, 5.74) is 11.0. The molecule has 0 aliphatic carbocycles. The van der Waals surface area contributed by atoms with Crippen LogP contribution in [0, 0.1) is 20.8 Å². The number of ether oxygens (including phenoxy) is 1. The average molecular weight is 249 g/mol. The molecule has 1 aromatic heterocycles. The van der Waals surface area contributed by atoms with Gasteiger partial charge in [-0.25, -0.2) is 0 Å². The van der Waals surface area contributed by atoms with E-state index < -0.39 is 0 Å². The van der Waals surface area contributed by atoms with E-state index in [-0.39, 0.29) is 0 Å². The molecule has 2 aromatic rings. The first-order valence-electron chi connectivity index (χ1n) is 5.29. The van der Waals surface area contributed by atoms with Crippen molar-refractivity contribution in [2.45, 2.75) is 20.8 Å². The maximum absolute atomic E-state index is 5.82. The second-order valence-electron chi connectivity index (χ2n) is 4.02. The normalized spacial score (nSPS) is 10.6. The highest BCUT2D eigenvalue weighted by molar-refractivity contribution is 6.99. The van der Waals surface area contributed by atoms with Gasteiger partial charge >= 0.3 is 0 Å². The van der Waals surface area contributed by atoms with E-state index in [1.165, 1.54) is 0 Å². The summed E-state index contributed by atoms with van der Waals surface area (Å²) in [7, 11) is 1.69. The first kappa shape index (κ1) is 11.9. The lowest BCUT2D eigenvalue weighted by atomic mass is 9.96. The number of aryl methyl sites for hydroxylation is 1. The fourth-order valence-corrected chi connectivity index (χ4v) is 2.49. The summed E-state index contributed by atoms with van der Waals surface area (Å²) in [6.45, 7) is 6.11. The van der Waals surface area contributed by atoms with Crippen LogP contribution in [0.2, 0.25) is 0 Å². The second kappa shape index (κ2) is 4.33. The molecule has 1 heterocycles. The number of methoxy groups -OCH3 is 1. The number of rotatable bonds is 2. The molecule has 0 saturated heterocycles. The summed E-state index contributed by atoms with van der Waals surface area (Å²) in [4.78, 5) is 0. The Morgan fingerprint density at radius 3 is 2.41 bits per heavy atom. The fourth-order valence-electron chi connectivity index (χ4n) is 2.00. The zero-order chi connectivity index (χ0) is 12.6. The van der Waals surface area contributed by atoms with E-state index in [0.717, 1.165) is 45.4 Å². The highest BCUT2D eigenvalue weighted by atomic mass is 32.1. The molecule has 4 nitrogen and oxygen atoms in total. The van der Waals surface area contributed by atoms with Gasteiger partial charge in [-0.05, 0) is 43.5 Å². The highest BCUT2D eigenvalue weighted by Crippen LogP contribution is 2.35. The number of aromatic nitrogens is 2. The van der Waals surface area contributed by atoms with Crippen LogP contribution in [0.15, 0.2) is 6.07 Å². The largest absolute Gasteiger partial charge is 0.496 e. The topological polar surface area (TPSA) is 61.0 Å². The molecular weight excluding hydrogens is 234 g/mol. The van der Waals surface area contributed by atoms with Gasteiger partial charge in [-0.2, -0.15) is 8.75 Å². The second-order valence-corrected chi connectivity index (χ2v) is 4.55. The summed E-state index contributed by atoms with van der Waals surface area (Å²) in [5, 5.41) is 0. The standard InChI is InChI=1S/C12H15N3OS/c1-6-5-9(10-12(13)15-17-14-10)7(2)8(3)11(6)16-4/h5H,1-4H3,(H2,13,15). The lowest BCUT2D eigenvalue weighted by Gasteiger charge is -2.14. The number of nitrogen functional groups attached to an aromatic ring is 1. The van der Waals surface area contributed by atoms with Gasteiger partial charge in [0.2, 0.25) is 0 Å². The minimum atomic E-state index is 0.488. The van der Waals surface area contributed by atoms with Gasteiger partial charge in [0, 0.05) is 5.56 Å². The molecular formula is C12H15N3OS. The van der Waals surface area contributed by atoms with Crippen molar-refractivity contribution in [1.82, 2.24) is 8.75 Å². The number of hydrogen-bond donors (Lipinski definition) is 1. The Balaban J connectivity index is 2.69. The van der Waals surface area contributed by atoms with Crippen LogP contribution in [0.5, 0.6) is 5.75 Å². The molecule has 0 amide bonds. The minimum Gasteiger partial charge on any atom is -0.496 e. The Kier molecular flexibility index (Phi) is 3.02. The molecule has 17 heavy (non-hydrogen) atoms. The summed E-state index contributed by atoms with van der Waals surface area (Å²) in [6.07, 6.45) is 0. The van der Waals surface area contributed by atoms with Gasteiger partial charge in [0.15, 0.2) is 5.82 Å². The van der Waals surface area contributed by atoms with E-state index in [1.54, 1.807) is 7.11 Å². The smallest absolute Gasteiger partial charge is 0.165 e. The van der Waals surface area contributed by atoms with E-state index in [4.69, 9.17) is 10.5 Å². The van der Waals surface area contributed by atoms with Crippen molar-refractivity contribution in [2.24, 2.45) is 0 Å². The highest BCUT2D eigenvalue weighted by Gasteiger charge is 2.15. The predicted octanol–water partition coefficient (Wildman–Crippen LogP) is 2.72. The molecule has 0 spiro atoms. The van der Waals surface area contributed by atoms with Gasteiger partial charge in [0.1, 0.15) is 11.4 Å². The van der Waals surface area contributed by atoms with Crippen molar-refractivity contribution in [1.29, 1.82) is 0 Å². The Morgan fingerprint density at radius 2 is 1.88 bits per heavy atom. The van der Waals surface area contributed by atoms with Crippen LogP contribution in [0.25, 0.3) is 11.3 Å². The van der Waals surface area contributed by atoms with Crippen molar-refractivity contribution >= 4 is 17.5 Å². The van der Waals surface area contributed by atoms with Crippen molar-refractivity contribution in [2.75, 3.05) is 12.8 Å². The van der Waals surface area contributed by atoms with Crippen LogP contribution >= 0.6 is 11.7 Å². The number of anilines is 1. The maximum Gasteiger partial charge on any atom is 0.165 e. The molecule has 2 rings (SSSR count). The van der Waals surface area contributed by atoms with Crippen molar-refractivity contribution < 1.29 is 4.74 Å². The SMILES string of the molecule is COc1c(C)cc(-c2nsnc2N)c(C)c1C. The van der Waals surface area contributed by atoms with Gasteiger partial charge in [-0.1, -0.05) is 0 Å². The summed E-state index contributed by atoms with van der Waals surface area (Å²) >= 11 is 1.14. The van der Waals surface area contributed by atoms with Gasteiger partial charge in [-0.3, -0.25) is 0 Å². The van der Waals surface area contributed by atoms with Crippen molar-refractivity contribution in [3.8, 4) is 17.0 Å². The monoisotopic (exact) mass is 249 g/mol. The van der Waals surface area contributed by atoms with Gasteiger partial charge < -0.3 is 10.5 Å². The van der Waals surface area contributed by atoms with Crippen LogP contribution in [-0.2, 0) is 0 Å². The van der Waals surface area contributed by atoms with E-state index in [1.807, 2.05) is 26.8 Å². The van der Waals surface area contributed by atoms with Gasteiger partial charge in [-0.15, -0.1) is 0 Å². The number of nitrogens with two attached hydrogens (primary N) is 1. The van der Waals surface area contributed by atoms with Crippen LogP contribution in [0.4, 0.5) is 5.82 Å². The Bertz CT molecular complexity index is 563. The number of hydrogen-bond acceptors (Lipinski definition) is 5. The number of benzene rings is 1. The zero-order valence-electron chi connectivity index (χ0n) is 10.4. The quantitative estimate of drug-likeness (QED) is 0.889. The van der Waals surface area contributed by atoms with Crippen molar-refractivity contribution in [3.05, 3.63) is 22.8 Å². The zero-order valence-corrected chi connectivity index (χ0v) is 11.2. The number of nitrogens with zero attached hydrogens (tertiary/aromatic N) is 2. The average Bonchev–Trinajstić information content (AvgIpc) is 2.71. The Hall–Kier alpha value is -1.62. The Morgan fingerprint density at radius 1 is 1.18 bits per heavy atom. The molecule has 0 bridgehead atoms. The third-order valence-corrected chi connectivity index (χ3v) is 3.54. The van der Waals surface area contributed by atoms with Gasteiger partial charge in [0.25, 0.3) is 0 Å². The van der Waals surface area contributed by atoms with Crippen LogP contribution < -0.4 is 10.5 Å². The van der Waals surface area contributed by atoms with Crippen LogP contribution in [0.1, 0.15) is 16.7 Å². The first-order chi connectivity index (χ1) is 8.06. The molecule has 0 saturated carbocycles. The molecule has 0 fully saturated rings. The molecule has 5 heteroatoms. The molecule has 2 N–H and O–H groups in total.